The Bertz CT molecular complexity index is 845. The molecule has 0 radical (unpaired) electrons. The van der Waals surface area contributed by atoms with Crippen LogP contribution in [0.2, 0.25) is 5.02 Å². The third-order valence-corrected chi connectivity index (χ3v) is 4.23. The molecular weight excluding hydrogens is 465 g/mol. The molecule has 0 unspecified atom stereocenters. The van der Waals surface area contributed by atoms with Crippen LogP contribution in [0.1, 0.15) is 15.9 Å². The molecular formula is C15H11ClIN3O3S. The van der Waals surface area contributed by atoms with Gasteiger partial charge in [-0.3, -0.25) is 20.2 Å². The Labute approximate surface area is 161 Å². The molecule has 0 aliphatic carbocycles. The number of rotatable bonds is 3. The van der Waals surface area contributed by atoms with Gasteiger partial charge in [0.15, 0.2) is 5.11 Å². The van der Waals surface area contributed by atoms with Crippen LogP contribution in [0.3, 0.4) is 0 Å². The maximum atomic E-state index is 12.1. The predicted octanol–water partition coefficient (Wildman–Crippen LogP) is 4.29. The largest absolute Gasteiger partial charge is 0.332 e. The predicted molar refractivity (Wildman–Crippen MR) is 106 cm³/mol. The Kier molecular flexibility index (Phi) is 6.08. The molecule has 0 heterocycles. The zero-order chi connectivity index (χ0) is 17.9. The average Bonchev–Trinajstić information content (AvgIpc) is 2.50. The van der Waals surface area contributed by atoms with E-state index in [4.69, 9.17) is 23.8 Å². The number of benzene rings is 2. The lowest BCUT2D eigenvalue weighted by atomic mass is 10.2. The monoisotopic (exact) mass is 475 g/mol. The van der Waals surface area contributed by atoms with E-state index in [1.165, 1.54) is 12.1 Å². The van der Waals surface area contributed by atoms with Crippen LogP contribution >= 0.6 is 46.4 Å². The van der Waals surface area contributed by atoms with Crippen LogP contribution in [0.4, 0.5) is 11.4 Å². The Balaban J connectivity index is 2.11. The fourth-order valence-corrected chi connectivity index (χ4v) is 2.88. The zero-order valence-electron chi connectivity index (χ0n) is 12.3. The van der Waals surface area contributed by atoms with Crippen molar-refractivity contribution in [3.8, 4) is 0 Å². The quantitative estimate of drug-likeness (QED) is 0.299. The maximum Gasteiger partial charge on any atom is 0.288 e. The molecule has 0 aliphatic heterocycles. The third kappa shape index (κ3) is 4.62. The highest BCUT2D eigenvalue weighted by Crippen LogP contribution is 2.30. The first-order valence-electron chi connectivity index (χ1n) is 6.60. The van der Waals surface area contributed by atoms with Gasteiger partial charge >= 0.3 is 0 Å². The molecule has 124 valence electrons. The molecule has 1 amide bonds. The van der Waals surface area contributed by atoms with Gasteiger partial charge in [-0.25, -0.2) is 0 Å². The molecule has 6 nitrogen and oxygen atoms in total. The van der Waals surface area contributed by atoms with Crippen molar-refractivity contribution in [1.82, 2.24) is 5.32 Å². The van der Waals surface area contributed by atoms with E-state index >= 15 is 0 Å². The molecule has 2 aromatic carbocycles. The number of amides is 1. The molecule has 2 N–H and O–H groups in total. The van der Waals surface area contributed by atoms with Crippen LogP contribution < -0.4 is 10.6 Å². The standard InChI is InChI=1S/C15H11ClIN3O3S/c1-8-5-13(20(22)23)11(16)7-12(8)18-15(24)19-14(21)9-3-2-4-10(17)6-9/h2-7H,1H3,(H2,18,19,21,24). The summed E-state index contributed by atoms with van der Waals surface area (Å²) in [5.41, 5.74) is 1.36. The van der Waals surface area contributed by atoms with Crippen LogP contribution in [0.15, 0.2) is 36.4 Å². The van der Waals surface area contributed by atoms with E-state index in [-0.39, 0.29) is 21.7 Å². The van der Waals surface area contributed by atoms with Crippen LogP contribution in [-0.2, 0) is 0 Å². The summed E-state index contributed by atoms with van der Waals surface area (Å²) in [6, 6.07) is 9.79. The minimum atomic E-state index is -0.559. The number of hydrogen-bond acceptors (Lipinski definition) is 4. The van der Waals surface area contributed by atoms with Gasteiger partial charge in [0.1, 0.15) is 5.02 Å². The van der Waals surface area contributed by atoms with E-state index < -0.39 is 4.92 Å². The first kappa shape index (κ1) is 18.6. The van der Waals surface area contributed by atoms with Crippen molar-refractivity contribution in [2.45, 2.75) is 6.92 Å². The molecule has 0 saturated carbocycles. The van der Waals surface area contributed by atoms with E-state index in [1.807, 2.05) is 6.07 Å². The van der Waals surface area contributed by atoms with Crippen LogP contribution in [0, 0.1) is 20.6 Å². The highest BCUT2D eigenvalue weighted by molar-refractivity contribution is 14.1. The van der Waals surface area contributed by atoms with Crippen molar-refractivity contribution in [2.24, 2.45) is 0 Å². The maximum absolute atomic E-state index is 12.1. The summed E-state index contributed by atoms with van der Waals surface area (Å²) in [6.45, 7) is 1.68. The summed E-state index contributed by atoms with van der Waals surface area (Å²) in [6.07, 6.45) is 0. The van der Waals surface area contributed by atoms with Gasteiger partial charge in [-0.2, -0.15) is 0 Å². The number of nitro benzene ring substituents is 1. The van der Waals surface area contributed by atoms with Gasteiger partial charge in [0, 0.05) is 20.9 Å². The van der Waals surface area contributed by atoms with E-state index in [9.17, 15) is 14.9 Å². The molecule has 0 fully saturated rings. The van der Waals surface area contributed by atoms with Gasteiger partial charge < -0.3 is 5.32 Å². The molecule has 2 rings (SSSR count). The lowest BCUT2D eigenvalue weighted by Crippen LogP contribution is -2.34. The van der Waals surface area contributed by atoms with Crippen molar-refractivity contribution in [1.29, 1.82) is 0 Å². The van der Waals surface area contributed by atoms with Gasteiger partial charge in [-0.1, -0.05) is 17.7 Å². The molecule has 0 aromatic heterocycles. The second-order valence-corrected chi connectivity index (χ2v) is 6.86. The normalized spacial score (nSPS) is 10.1. The van der Waals surface area contributed by atoms with Gasteiger partial charge in [0.25, 0.3) is 11.6 Å². The smallest absolute Gasteiger partial charge is 0.288 e. The second-order valence-electron chi connectivity index (χ2n) is 4.79. The number of nitrogens with zero attached hydrogens (tertiary/aromatic N) is 1. The molecule has 24 heavy (non-hydrogen) atoms. The van der Waals surface area contributed by atoms with Gasteiger partial charge in [0.2, 0.25) is 0 Å². The summed E-state index contributed by atoms with van der Waals surface area (Å²) >= 11 is 13.1. The number of nitro groups is 1. The van der Waals surface area contributed by atoms with Gasteiger partial charge in [-0.15, -0.1) is 0 Å². The van der Waals surface area contributed by atoms with Crippen LogP contribution in [0.25, 0.3) is 0 Å². The fourth-order valence-electron chi connectivity index (χ4n) is 1.90. The third-order valence-electron chi connectivity index (χ3n) is 3.05. The van der Waals surface area contributed by atoms with E-state index in [0.717, 1.165) is 3.57 Å². The Hall–Kier alpha value is -1.78. The summed E-state index contributed by atoms with van der Waals surface area (Å²) in [4.78, 5) is 22.4. The Morgan fingerprint density at radius 3 is 2.67 bits per heavy atom. The minimum Gasteiger partial charge on any atom is -0.332 e. The first-order chi connectivity index (χ1) is 11.3. The van der Waals surface area contributed by atoms with Gasteiger partial charge in [-0.05, 0) is 71.6 Å². The topological polar surface area (TPSA) is 84.3 Å². The van der Waals surface area contributed by atoms with Crippen LogP contribution in [0.5, 0.6) is 0 Å². The second kappa shape index (κ2) is 7.86. The Morgan fingerprint density at radius 1 is 1.33 bits per heavy atom. The molecule has 0 aliphatic rings. The summed E-state index contributed by atoms with van der Waals surface area (Å²) in [5.74, 6) is -0.350. The highest BCUT2D eigenvalue weighted by atomic mass is 127. The molecule has 9 heteroatoms. The fraction of sp³-hybridized carbons (Fsp3) is 0.0667. The number of aryl methyl sites for hydroxylation is 1. The van der Waals surface area contributed by atoms with E-state index in [1.54, 1.807) is 25.1 Å². The van der Waals surface area contributed by atoms with Crippen molar-refractivity contribution in [3.63, 3.8) is 0 Å². The number of halogens is 2. The lowest BCUT2D eigenvalue weighted by Gasteiger charge is -2.12. The van der Waals surface area contributed by atoms with Crippen molar-refractivity contribution < 1.29 is 9.72 Å². The zero-order valence-corrected chi connectivity index (χ0v) is 16.0. The number of nitrogens with one attached hydrogen (secondary N) is 2. The van der Waals surface area contributed by atoms with Crippen molar-refractivity contribution in [2.75, 3.05) is 5.32 Å². The summed E-state index contributed by atoms with van der Waals surface area (Å²) in [7, 11) is 0. The molecule has 2 aromatic rings. The molecule has 0 atom stereocenters. The summed E-state index contributed by atoms with van der Waals surface area (Å²) < 4.78 is 0.928. The summed E-state index contributed by atoms with van der Waals surface area (Å²) in [5, 5.41) is 16.3. The number of carbonyl (C=O) groups excluding carboxylic acids is 1. The number of anilines is 1. The lowest BCUT2D eigenvalue weighted by molar-refractivity contribution is -0.384. The number of hydrogen-bond donors (Lipinski definition) is 2. The molecule has 0 saturated heterocycles. The number of thiocarbonyl (C=S) groups is 1. The molecule has 0 bridgehead atoms. The van der Waals surface area contributed by atoms with Gasteiger partial charge in [0.05, 0.1) is 4.92 Å². The van der Waals surface area contributed by atoms with Crippen molar-refractivity contribution in [3.05, 3.63) is 66.2 Å². The SMILES string of the molecule is Cc1cc([N+](=O)[O-])c(Cl)cc1NC(=S)NC(=O)c1cccc(I)c1. The highest BCUT2D eigenvalue weighted by Gasteiger charge is 2.16. The molecule has 0 spiro atoms. The minimum absolute atomic E-state index is 0.0140. The number of carbonyl (C=O) groups is 1. The van der Waals surface area contributed by atoms with Crippen molar-refractivity contribution >= 4 is 68.8 Å². The van der Waals surface area contributed by atoms with E-state index in [0.29, 0.717) is 16.8 Å². The van der Waals surface area contributed by atoms with Crippen LogP contribution in [-0.4, -0.2) is 15.9 Å². The van der Waals surface area contributed by atoms with E-state index in [2.05, 4.69) is 33.2 Å². The average molecular weight is 476 g/mol. The first-order valence-corrected chi connectivity index (χ1v) is 8.47. The Morgan fingerprint density at radius 2 is 2.04 bits per heavy atom.